The Morgan fingerprint density at radius 3 is 2.54 bits per heavy atom. The van der Waals surface area contributed by atoms with E-state index in [4.69, 9.17) is 4.74 Å². The van der Waals surface area contributed by atoms with Gasteiger partial charge < -0.3 is 15.0 Å². The van der Waals surface area contributed by atoms with Crippen molar-refractivity contribution >= 4 is 55.8 Å². The number of benzene rings is 3. The Bertz CT molecular complexity index is 1400. The second-order valence-corrected chi connectivity index (χ2v) is 9.14. The minimum absolute atomic E-state index is 0.0725. The number of rotatable bonds is 6. The normalized spacial score (nSPS) is 15.3. The van der Waals surface area contributed by atoms with Gasteiger partial charge in [-0.05, 0) is 54.6 Å². The maximum absolute atomic E-state index is 12.7. The molecule has 8 nitrogen and oxygen atoms in total. The van der Waals surface area contributed by atoms with Crippen LogP contribution in [0.25, 0.3) is 10.2 Å². The molecule has 35 heavy (non-hydrogen) atoms. The molecule has 1 aliphatic heterocycles. The van der Waals surface area contributed by atoms with Crippen LogP contribution < -0.4 is 20.3 Å². The molecule has 2 N–H and O–H groups in total. The average Bonchev–Trinajstić information content (AvgIpc) is 3.47. The van der Waals surface area contributed by atoms with Crippen molar-refractivity contribution in [2.45, 2.75) is 6.42 Å². The molecule has 1 fully saturated rings. The summed E-state index contributed by atoms with van der Waals surface area (Å²) in [5.41, 5.74) is 2.56. The van der Waals surface area contributed by atoms with Crippen molar-refractivity contribution in [3.8, 4) is 5.75 Å². The lowest BCUT2D eigenvalue weighted by molar-refractivity contribution is -0.122. The molecule has 0 radical (unpaired) electrons. The van der Waals surface area contributed by atoms with Crippen LogP contribution in [0.2, 0.25) is 0 Å². The average molecular weight is 487 g/mol. The topological polar surface area (TPSA) is 101 Å². The summed E-state index contributed by atoms with van der Waals surface area (Å²) in [5, 5.41) is 6.15. The van der Waals surface area contributed by atoms with Crippen LogP contribution in [0, 0.1) is 5.92 Å². The van der Waals surface area contributed by atoms with Gasteiger partial charge in [0.25, 0.3) is 5.91 Å². The summed E-state index contributed by atoms with van der Waals surface area (Å²) in [6.07, 6.45) is 0.162. The number of carbonyl (C=O) groups excluding carboxylic acids is 3. The zero-order valence-electron chi connectivity index (χ0n) is 18.9. The molecule has 1 atom stereocenters. The molecule has 1 aromatic heterocycles. The molecule has 3 aromatic carbocycles. The summed E-state index contributed by atoms with van der Waals surface area (Å²) >= 11 is 1.36. The Morgan fingerprint density at radius 2 is 1.80 bits per heavy atom. The van der Waals surface area contributed by atoms with Gasteiger partial charge in [-0.15, -0.1) is 0 Å². The van der Waals surface area contributed by atoms with Gasteiger partial charge in [0.05, 0.1) is 23.2 Å². The predicted octanol–water partition coefficient (Wildman–Crippen LogP) is 4.55. The molecule has 9 heteroatoms. The predicted molar refractivity (Wildman–Crippen MR) is 136 cm³/mol. The van der Waals surface area contributed by atoms with Gasteiger partial charge in [0.1, 0.15) is 5.75 Å². The number of carbonyl (C=O) groups is 3. The van der Waals surface area contributed by atoms with E-state index in [0.29, 0.717) is 22.9 Å². The Kier molecular flexibility index (Phi) is 6.15. The van der Waals surface area contributed by atoms with Crippen molar-refractivity contribution in [2.24, 2.45) is 5.92 Å². The maximum Gasteiger partial charge on any atom is 0.257 e. The van der Waals surface area contributed by atoms with Crippen LogP contribution >= 0.6 is 11.3 Å². The SMILES string of the molecule is COc1ccc2nc(NC(=O)c3ccc(NC(=O)C4CC(=O)N(c5ccccc5)C4)cc3)sc2c1. The van der Waals surface area contributed by atoms with Crippen LogP contribution in [0.15, 0.2) is 72.8 Å². The zero-order chi connectivity index (χ0) is 24.4. The Hall–Kier alpha value is -4.24. The maximum atomic E-state index is 12.7. The second-order valence-electron chi connectivity index (χ2n) is 8.11. The third-order valence-corrected chi connectivity index (χ3v) is 6.73. The minimum Gasteiger partial charge on any atom is -0.497 e. The van der Waals surface area contributed by atoms with E-state index in [1.54, 1.807) is 36.3 Å². The van der Waals surface area contributed by atoms with Gasteiger partial charge in [-0.25, -0.2) is 4.98 Å². The molecule has 0 spiro atoms. The van der Waals surface area contributed by atoms with E-state index >= 15 is 0 Å². The molecule has 0 bridgehead atoms. The standard InChI is InChI=1S/C26H22N4O4S/c1-34-20-11-12-21-22(14-20)35-26(28-21)29-24(32)16-7-9-18(10-8-16)27-25(33)17-13-23(31)30(15-17)19-5-3-2-4-6-19/h2-12,14,17H,13,15H2,1H3,(H,27,33)(H,28,29,32). The molecule has 4 aromatic rings. The van der Waals surface area contributed by atoms with Crippen LogP contribution in [0.1, 0.15) is 16.8 Å². The van der Waals surface area contributed by atoms with E-state index in [1.807, 2.05) is 48.5 Å². The van der Waals surface area contributed by atoms with E-state index < -0.39 is 5.92 Å². The highest BCUT2D eigenvalue weighted by atomic mass is 32.1. The van der Waals surface area contributed by atoms with Gasteiger partial charge in [-0.3, -0.25) is 19.7 Å². The molecule has 2 heterocycles. The van der Waals surface area contributed by atoms with Crippen molar-refractivity contribution < 1.29 is 19.1 Å². The quantitative estimate of drug-likeness (QED) is 0.417. The van der Waals surface area contributed by atoms with Gasteiger partial charge in [-0.1, -0.05) is 29.5 Å². The first kappa shape index (κ1) is 22.5. The molecular formula is C26H22N4O4S. The van der Waals surface area contributed by atoms with E-state index in [9.17, 15) is 14.4 Å². The molecule has 5 rings (SSSR count). The van der Waals surface area contributed by atoms with Gasteiger partial charge in [0.2, 0.25) is 11.8 Å². The van der Waals surface area contributed by atoms with Crippen molar-refractivity contribution in [1.82, 2.24) is 4.98 Å². The summed E-state index contributed by atoms with van der Waals surface area (Å²) in [6, 6.07) is 21.5. The lowest BCUT2D eigenvalue weighted by Crippen LogP contribution is -2.28. The van der Waals surface area contributed by atoms with Gasteiger partial charge in [-0.2, -0.15) is 0 Å². The lowest BCUT2D eigenvalue weighted by atomic mass is 10.1. The fourth-order valence-electron chi connectivity index (χ4n) is 3.94. The van der Waals surface area contributed by atoms with Crippen LogP contribution in [-0.2, 0) is 9.59 Å². The first-order chi connectivity index (χ1) is 17.0. The summed E-state index contributed by atoms with van der Waals surface area (Å²) in [7, 11) is 1.60. The van der Waals surface area contributed by atoms with Gasteiger partial charge in [0, 0.05) is 29.9 Å². The number of fused-ring (bicyclic) bond motifs is 1. The van der Waals surface area contributed by atoms with Crippen molar-refractivity contribution in [2.75, 3.05) is 29.2 Å². The highest BCUT2D eigenvalue weighted by molar-refractivity contribution is 7.22. The summed E-state index contributed by atoms with van der Waals surface area (Å²) < 4.78 is 6.14. The molecule has 0 aliphatic carbocycles. The fraction of sp³-hybridized carbons (Fsp3) is 0.154. The number of methoxy groups -OCH3 is 1. The highest BCUT2D eigenvalue weighted by Gasteiger charge is 2.35. The highest BCUT2D eigenvalue weighted by Crippen LogP contribution is 2.30. The van der Waals surface area contributed by atoms with Gasteiger partial charge in [0.15, 0.2) is 5.13 Å². The Morgan fingerprint density at radius 1 is 1.03 bits per heavy atom. The number of aromatic nitrogens is 1. The summed E-state index contributed by atoms with van der Waals surface area (Å²) in [6.45, 7) is 0.337. The Balaban J connectivity index is 1.20. The number of nitrogens with zero attached hydrogens (tertiary/aromatic N) is 2. The monoisotopic (exact) mass is 486 g/mol. The van der Waals surface area contributed by atoms with Crippen LogP contribution in [0.3, 0.4) is 0 Å². The van der Waals surface area contributed by atoms with E-state index in [0.717, 1.165) is 21.7 Å². The van der Waals surface area contributed by atoms with Crippen molar-refractivity contribution in [1.29, 1.82) is 0 Å². The molecule has 176 valence electrons. The third kappa shape index (κ3) is 4.85. The minimum atomic E-state index is -0.441. The lowest BCUT2D eigenvalue weighted by Gasteiger charge is -2.16. The van der Waals surface area contributed by atoms with Crippen LogP contribution in [0.5, 0.6) is 5.75 Å². The zero-order valence-corrected chi connectivity index (χ0v) is 19.7. The molecule has 0 saturated carbocycles. The number of ether oxygens (including phenoxy) is 1. The van der Waals surface area contributed by atoms with E-state index in [-0.39, 0.29) is 24.1 Å². The molecular weight excluding hydrogens is 464 g/mol. The van der Waals surface area contributed by atoms with E-state index in [2.05, 4.69) is 15.6 Å². The number of amides is 3. The number of thiazole rings is 1. The molecule has 1 saturated heterocycles. The summed E-state index contributed by atoms with van der Waals surface area (Å²) in [5.74, 6) is -0.306. The van der Waals surface area contributed by atoms with Crippen molar-refractivity contribution in [3.05, 3.63) is 78.4 Å². The van der Waals surface area contributed by atoms with Crippen LogP contribution in [-0.4, -0.2) is 36.4 Å². The van der Waals surface area contributed by atoms with E-state index in [1.165, 1.54) is 11.3 Å². The van der Waals surface area contributed by atoms with Gasteiger partial charge >= 0.3 is 0 Å². The third-order valence-electron chi connectivity index (χ3n) is 5.79. The first-order valence-electron chi connectivity index (χ1n) is 11.0. The molecule has 1 unspecified atom stereocenters. The smallest absolute Gasteiger partial charge is 0.257 e. The number of hydrogen-bond donors (Lipinski definition) is 2. The van der Waals surface area contributed by atoms with Crippen molar-refractivity contribution in [3.63, 3.8) is 0 Å². The summed E-state index contributed by atoms with van der Waals surface area (Å²) in [4.78, 5) is 43.9. The Labute approximate surface area is 205 Å². The number of nitrogens with one attached hydrogen (secondary N) is 2. The first-order valence-corrected chi connectivity index (χ1v) is 11.8. The van der Waals surface area contributed by atoms with Crippen LogP contribution in [0.4, 0.5) is 16.5 Å². The number of anilines is 3. The largest absolute Gasteiger partial charge is 0.497 e. The second kappa shape index (κ2) is 9.55. The fourth-order valence-corrected chi connectivity index (χ4v) is 4.83. The molecule has 3 amide bonds. The number of hydrogen-bond acceptors (Lipinski definition) is 6. The molecule has 1 aliphatic rings. The number of para-hydroxylation sites is 1.